The van der Waals surface area contributed by atoms with E-state index in [4.69, 9.17) is 0 Å². The Morgan fingerprint density at radius 1 is 0.585 bits per heavy atom. The van der Waals surface area contributed by atoms with E-state index in [-0.39, 0.29) is 24.2 Å². The Morgan fingerprint density at radius 2 is 1.20 bits per heavy atom. The fourth-order valence-corrected chi connectivity index (χ4v) is 4.97. The van der Waals surface area contributed by atoms with E-state index in [0.29, 0.717) is 34.7 Å². The second kappa shape index (κ2) is 13.4. The first-order valence-electron chi connectivity index (χ1n) is 13.7. The Hall–Kier alpha value is -3.55. The molecular formula is C33H31F7O. The van der Waals surface area contributed by atoms with Crippen molar-refractivity contribution < 1.29 is 35.5 Å². The molecule has 0 fully saturated rings. The Bertz CT molecular complexity index is 1470. The number of hydrogen-bond acceptors (Lipinski definition) is 1. The average Bonchev–Trinajstić information content (AvgIpc) is 2.92. The van der Waals surface area contributed by atoms with Crippen LogP contribution in [-0.4, -0.2) is 6.36 Å². The highest BCUT2D eigenvalue weighted by Crippen LogP contribution is 2.30. The quantitative estimate of drug-likeness (QED) is 0.120. The first kappa shape index (κ1) is 30.4. The molecule has 41 heavy (non-hydrogen) atoms. The van der Waals surface area contributed by atoms with Gasteiger partial charge < -0.3 is 4.74 Å². The molecule has 0 unspecified atom stereocenters. The Balaban J connectivity index is 1.39. The standard InChI is InChI=1S/C33H31F7O/c1-2-3-4-5-6-21-7-11-24(28(34)18-21)12-8-22-10-16-27-26(17-22)15-14-25(31(27)37)13-9-23-19-29(35)32(30(36)20-23)41-33(38,39)40/h7,10-11,14-20H,2-6,8-9,12-13H2,1H3. The fourth-order valence-electron chi connectivity index (χ4n) is 4.97. The summed E-state index contributed by atoms with van der Waals surface area (Å²) in [5.41, 5.74) is 2.94. The van der Waals surface area contributed by atoms with Crippen molar-refractivity contribution in [2.75, 3.05) is 0 Å². The molecule has 0 saturated carbocycles. The van der Waals surface area contributed by atoms with Crippen molar-refractivity contribution in [3.05, 3.63) is 112 Å². The Labute approximate surface area is 235 Å². The van der Waals surface area contributed by atoms with E-state index in [9.17, 15) is 26.3 Å². The molecule has 0 amide bonds. The lowest BCUT2D eigenvalue weighted by Crippen LogP contribution is -2.19. The van der Waals surface area contributed by atoms with Crippen LogP contribution in [0.15, 0.2) is 60.7 Å². The summed E-state index contributed by atoms with van der Waals surface area (Å²) in [7, 11) is 0. The van der Waals surface area contributed by atoms with Crippen molar-refractivity contribution in [3.63, 3.8) is 0 Å². The summed E-state index contributed by atoms with van der Waals surface area (Å²) in [6.07, 6.45) is 1.34. The van der Waals surface area contributed by atoms with Gasteiger partial charge in [-0.3, -0.25) is 0 Å². The molecule has 0 spiro atoms. The minimum absolute atomic E-state index is 0.00371. The summed E-state index contributed by atoms with van der Waals surface area (Å²) in [6.45, 7) is 2.15. The lowest BCUT2D eigenvalue weighted by molar-refractivity contribution is -0.276. The van der Waals surface area contributed by atoms with Crippen LogP contribution in [0.3, 0.4) is 0 Å². The molecule has 0 aliphatic heterocycles. The second-order valence-corrected chi connectivity index (χ2v) is 10.3. The zero-order valence-corrected chi connectivity index (χ0v) is 22.7. The predicted molar refractivity (Wildman–Crippen MR) is 146 cm³/mol. The van der Waals surface area contributed by atoms with Gasteiger partial charge >= 0.3 is 6.36 Å². The van der Waals surface area contributed by atoms with E-state index < -0.39 is 29.6 Å². The summed E-state index contributed by atoms with van der Waals surface area (Å²) in [6, 6.07) is 15.6. The molecule has 1 nitrogen and oxygen atoms in total. The molecule has 0 heterocycles. The topological polar surface area (TPSA) is 9.23 Å². The number of halogens is 7. The SMILES string of the molecule is CCCCCCc1ccc(CCc2ccc3c(F)c(CCc4cc(F)c(OC(F)(F)F)c(F)c4)ccc3c2)c(F)c1. The number of rotatable bonds is 12. The molecule has 4 aromatic carbocycles. The average molecular weight is 577 g/mol. The molecule has 4 rings (SSSR count). The predicted octanol–water partition coefficient (Wildman–Crippen LogP) is 9.99. The molecule has 4 aromatic rings. The lowest BCUT2D eigenvalue weighted by Gasteiger charge is -2.12. The highest BCUT2D eigenvalue weighted by Gasteiger charge is 2.34. The van der Waals surface area contributed by atoms with Crippen LogP contribution in [0.2, 0.25) is 0 Å². The van der Waals surface area contributed by atoms with Crippen LogP contribution in [0.4, 0.5) is 30.7 Å². The third-order valence-electron chi connectivity index (χ3n) is 7.18. The van der Waals surface area contributed by atoms with Gasteiger partial charge in [-0.25, -0.2) is 17.6 Å². The van der Waals surface area contributed by atoms with Crippen molar-refractivity contribution in [1.82, 2.24) is 0 Å². The number of alkyl halides is 3. The van der Waals surface area contributed by atoms with E-state index in [1.54, 1.807) is 30.3 Å². The van der Waals surface area contributed by atoms with Gasteiger partial charge in [-0.05, 0) is 89.9 Å². The van der Waals surface area contributed by atoms with Gasteiger partial charge in [-0.1, -0.05) is 68.7 Å². The number of fused-ring (bicyclic) bond motifs is 1. The molecule has 0 bridgehead atoms. The highest BCUT2D eigenvalue weighted by molar-refractivity contribution is 5.84. The van der Waals surface area contributed by atoms with Crippen molar-refractivity contribution in [3.8, 4) is 5.75 Å². The lowest BCUT2D eigenvalue weighted by atomic mass is 9.96. The van der Waals surface area contributed by atoms with Crippen molar-refractivity contribution in [2.24, 2.45) is 0 Å². The van der Waals surface area contributed by atoms with E-state index in [1.165, 1.54) is 6.42 Å². The van der Waals surface area contributed by atoms with E-state index >= 15 is 4.39 Å². The third kappa shape index (κ3) is 8.24. The van der Waals surface area contributed by atoms with Crippen LogP contribution in [0.25, 0.3) is 10.8 Å². The van der Waals surface area contributed by atoms with E-state index in [1.807, 2.05) is 18.2 Å². The number of ether oxygens (including phenoxy) is 1. The maximum Gasteiger partial charge on any atom is 0.573 e. The number of aryl methyl sites for hydroxylation is 5. The maximum atomic E-state index is 15.2. The number of hydrogen-bond donors (Lipinski definition) is 0. The normalized spacial score (nSPS) is 11.8. The van der Waals surface area contributed by atoms with Gasteiger partial charge in [0, 0.05) is 5.39 Å². The Kier molecular flexibility index (Phi) is 9.94. The van der Waals surface area contributed by atoms with Gasteiger partial charge in [-0.15, -0.1) is 13.2 Å². The molecule has 0 atom stereocenters. The van der Waals surface area contributed by atoms with Crippen LogP contribution < -0.4 is 4.74 Å². The summed E-state index contributed by atoms with van der Waals surface area (Å²) in [4.78, 5) is 0. The number of benzene rings is 4. The van der Waals surface area contributed by atoms with Gasteiger partial charge in [0.2, 0.25) is 5.75 Å². The maximum absolute atomic E-state index is 15.2. The highest BCUT2D eigenvalue weighted by atomic mass is 19.4. The van der Waals surface area contributed by atoms with Gasteiger partial charge in [-0.2, -0.15) is 0 Å². The first-order chi connectivity index (χ1) is 19.5. The van der Waals surface area contributed by atoms with Crippen LogP contribution in [-0.2, 0) is 32.1 Å². The van der Waals surface area contributed by atoms with E-state index in [0.717, 1.165) is 48.9 Å². The van der Waals surface area contributed by atoms with Crippen LogP contribution in [0, 0.1) is 23.3 Å². The van der Waals surface area contributed by atoms with Gasteiger partial charge in [0.1, 0.15) is 11.6 Å². The van der Waals surface area contributed by atoms with Crippen LogP contribution >= 0.6 is 0 Å². The molecule has 0 aliphatic carbocycles. The van der Waals surface area contributed by atoms with E-state index in [2.05, 4.69) is 11.7 Å². The van der Waals surface area contributed by atoms with Gasteiger partial charge in [0.15, 0.2) is 11.6 Å². The van der Waals surface area contributed by atoms with Gasteiger partial charge in [0.25, 0.3) is 0 Å². The van der Waals surface area contributed by atoms with Crippen molar-refractivity contribution in [1.29, 1.82) is 0 Å². The summed E-state index contributed by atoms with van der Waals surface area (Å²) in [5.74, 6) is -5.18. The monoisotopic (exact) mass is 576 g/mol. The zero-order valence-electron chi connectivity index (χ0n) is 22.7. The third-order valence-corrected chi connectivity index (χ3v) is 7.18. The largest absolute Gasteiger partial charge is 0.573 e. The van der Waals surface area contributed by atoms with Crippen LogP contribution in [0.1, 0.15) is 60.4 Å². The number of unbranched alkanes of at least 4 members (excludes halogenated alkanes) is 3. The molecule has 0 N–H and O–H groups in total. The minimum Gasteiger partial charge on any atom is -0.399 e. The minimum atomic E-state index is -5.23. The fraction of sp³-hybridized carbons (Fsp3) is 0.333. The summed E-state index contributed by atoms with van der Waals surface area (Å²) in [5, 5.41) is 1.04. The molecule has 8 heteroatoms. The molecule has 0 radical (unpaired) electrons. The van der Waals surface area contributed by atoms with Crippen LogP contribution in [0.5, 0.6) is 5.75 Å². The van der Waals surface area contributed by atoms with Gasteiger partial charge in [0.05, 0.1) is 0 Å². The smallest absolute Gasteiger partial charge is 0.399 e. The van der Waals surface area contributed by atoms with Crippen molar-refractivity contribution >= 4 is 10.8 Å². The first-order valence-corrected chi connectivity index (χ1v) is 13.7. The molecule has 0 saturated heterocycles. The second-order valence-electron chi connectivity index (χ2n) is 10.3. The molecule has 218 valence electrons. The molecular weight excluding hydrogens is 545 g/mol. The zero-order chi connectivity index (χ0) is 29.6. The summed E-state index contributed by atoms with van der Waals surface area (Å²) < 4.78 is 98.4. The Morgan fingerprint density at radius 3 is 1.88 bits per heavy atom. The summed E-state index contributed by atoms with van der Waals surface area (Å²) >= 11 is 0. The molecule has 0 aromatic heterocycles. The molecule has 0 aliphatic rings. The van der Waals surface area contributed by atoms with Crippen molar-refractivity contribution in [2.45, 2.75) is 71.1 Å².